The molecular weight excluding hydrogens is 523 g/mol. The normalized spacial score (nSPS) is 17.4. The average Bonchev–Trinajstić information content (AvgIpc) is 3.84. The van der Waals surface area contributed by atoms with E-state index in [0.29, 0.717) is 29.6 Å². The van der Waals surface area contributed by atoms with E-state index in [1.165, 1.54) is 6.07 Å². The molecule has 2 aliphatic rings. The summed E-state index contributed by atoms with van der Waals surface area (Å²) >= 11 is 0. The van der Waals surface area contributed by atoms with Gasteiger partial charge in [0, 0.05) is 85.8 Å². The van der Waals surface area contributed by atoms with Crippen molar-refractivity contribution in [2.24, 2.45) is 0 Å². The first kappa shape index (κ1) is 27.3. The van der Waals surface area contributed by atoms with E-state index in [1.54, 1.807) is 24.7 Å². The van der Waals surface area contributed by atoms with Crippen LogP contribution in [-0.2, 0) is 13.1 Å². The largest absolute Gasteiger partial charge is 0.488 e. The third kappa shape index (κ3) is 6.08. The average molecular weight is 559 g/mol. The molecule has 1 atom stereocenters. The Balaban J connectivity index is 1.37. The molecule has 1 aromatic carbocycles. The van der Waals surface area contributed by atoms with Crippen LogP contribution in [0.15, 0.2) is 60.0 Å². The number of hydrogen-bond acceptors (Lipinski definition) is 8. The van der Waals surface area contributed by atoms with Gasteiger partial charge in [0.15, 0.2) is 17.0 Å². The molecule has 3 aromatic heterocycles. The van der Waals surface area contributed by atoms with Crippen molar-refractivity contribution in [2.75, 3.05) is 31.2 Å². The van der Waals surface area contributed by atoms with Gasteiger partial charge in [-0.3, -0.25) is 19.7 Å². The van der Waals surface area contributed by atoms with Crippen molar-refractivity contribution in [1.29, 1.82) is 0 Å². The summed E-state index contributed by atoms with van der Waals surface area (Å²) < 4.78 is 22.5. The van der Waals surface area contributed by atoms with E-state index in [0.717, 1.165) is 55.8 Å². The summed E-state index contributed by atoms with van der Waals surface area (Å²) in [6, 6.07) is 7.44. The molecule has 0 amide bonds. The number of fused-ring (bicyclic) bond motifs is 1. The number of aryl methyl sites for hydroxylation is 1. The van der Waals surface area contributed by atoms with Crippen molar-refractivity contribution in [3.05, 3.63) is 88.1 Å². The van der Waals surface area contributed by atoms with E-state index in [2.05, 4.69) is 35.4 Å². The molecule has 0 bridgehead atoms. The van der Waals surface area contributed by atoms with Gasteiger partial charge in [-0.05, 0) is 56.4 Å². The van der Waals surface area contributed by atoms with Crippen LogP contribution in [0.25, 0.3) is 10.9 Å². The highest BCUT2D eigenvalue weighted by molar-refractivity contribution is 5.81. The van der Waals surface area contributed by atoms with E-state index in [4.69, 9.17) is 9.84 Å². The molecule has 1 saturated carbocycles. The standard InChI is InChI=1S/C31H35FN6O3/c1-21-13-22(6-7-34-21)17-37(25-3-2-10-36(20-25)30-16-33-8-9-35-30)18-23-19-38(24-4-5-24)28-15-29(41-12-11-39)27(32)14-26(28)31(23)40/h6-9,13-16,19,24-25,39H,2-5,10-12,17-18,20H2,1H3. The second kappa shape index (κ2) is 11.9. The molecular formula is C31H35FN6O3. The maximum absolute atomic E-state index is 15.0. The van der Waals surface area contributed by atoms with Gasteiger partial charge in [0.1, 0.15) is 12.4 Å². The number of pyridine rings is 2. The number of anilines is 1. The van der Waals surface area contributed by atoms with Crippen molar-refractivity contribution in [3.8, 4) is 5.75 Å². The summed E-state index contributed by atoms with van der Waals surface area (Å²) in [5.41, 5.74) is 3.23. The Morgan fingerprint density at radius 1 is 1.12 bits per heavy atom. The number of halogens is 1. The predicted octanol–water partition coefficient (Wildman–Crippen LogP) is 4.01. The van der Waals surface area contributed by atoms with Crippen LogP contribution in [0.2, 0.25) is 0 Å². The lowest BCUT2D eigenvalue weighted by Gasteiger charge is -2.40. The van der Waals surface area contributed by atoms with Crippen LogP contribution in [0.4, 0.5) is 10.2 Å². The molecule has 4 aromatic rings. The lowest BCUT2D eigenvalue weighted by atomic mass is 10.0. The summed E-state index contributed by atoms with van der Waals surface area (Å²) in [5, 5.41) is 9.49. The zero-order valence-corrected chi connectivity index (χ0v) is 23.2. The summed E-state index contributed by atoms with van der Waals surface area (Å²) in [6.07, 6.45) is 13.0. The third-order valence-corrected chi connectivity index (χ3v) is 7.96. The fourth-order valence-corrected chi connectivity index (χ4v) is 5.83. The highest BCUT2D eigenvalue weighted by Gasteiger charge is 2.30. The van der Waals surface area contributed by atoms with E-state index in [9.17, 15) is 9.18 Å². The van der Waals surface area contributed by atoms with Gasteiger partial charge in [0.25, 0.3) is 0 Å². The first-order valence-electron chi connectivity index (χ1n) is 14.3. The fourth-order valence-electron chi connectivity index (χ4n) is 5.83. The Morgan fingerprint density at radius 2 is 2.00 bits per heavy atom. The minimum absolute atomic E-state index is 0.00934. The summed E-state index contributed by atoms with van der Waals surface area (Å²) in [5.74, 6) is 0.307. The lowest BCUT2D eigenvalue weighted by Crippen LogP contribution is -2.48. The Morgan fingerprint density at radius 3 is 2.76 bits per heavy atom. The summed E-state index contributed by atoms with van der Waals surface area (Å²) in [6.45, 7) is 4.53. The molecule has 0 spiro atoms. The fraction of sp³-hybridized carbons (Fsp3) is 0.419. The number of aliphatic hydroxyl groups excluding tert-OH is 1. The zero-order chi connectivity index (χ0) is 28.3. The van der Waals surface area contributed by atoms with Gasteiger partial charge >= 0.3 is 0 Å². The van der Waals surface area contributed by atoms with E-state index in [-0.39, 0.29) is 36.5 Å². The number of rotatable bonds is 10. The Kier molecular flexibility index (Phi) is 7.93. The van der Waals surface area contributed by atoms with Gasteiger partial charge in [-0.15, -0.1) is 0 Å². The molecule has 4 heterocycles. The summed E-state index contributed by atoms with van der Waals surface area (Å²) in [4.78, 5) is 31.7. The molecule has 10 heteroatoms. The summed E-state index contributed by atoms with van der Waals surface area (Å²) in [7, 11) is 0. The van der Waals surface area contributed by atoms with Crippen molar-refractivity contribution < 1.29 is 14.2 Å². The minimum Gasteiger partial charge on any atom is -0.488 e. The quantitative estimate of drug-likeness (QED) is 0.312. The first-order valence-corrected chi connectivity index (χ1v) is 14.3. The monoisotopic (exact) mass is 558 g/mol. The van der Waals surface area contributed by atoms with Crippen molar-refractivity contribution in [2.45, 2.75) is 57.8 Å². The molecule has 1 unspecified atom stereocenters. The molecule has 1 N–H and O–H groups in total. The van der Waals surface area contributed by atoms with Gasteiger partial charge in [0.2, 0.25) is 0 Å². The van der Waals surface area contributed by atoms with E-state index >= 15 is 0 Å². The third-order valence-electron chi connectivity index (χ3n) is 7.96. The molecule has 214 valence electrons. The van der Waals surface area contributed by atoms with Crippen LogP contribution in [0.3, 0.4) is 0 Å². The minimum atomic E-state index is -0.599. The highest BCUT2D eigenvalue weighted by atomic mass is 19.1. The van der Waals surface area contributed by atoms with Gasteiger partial charge in [-0.2, -0.15) is 0 Å². The van der Waals surface area contributed by atoms with Crippen molar-refractivity contribution in [1.82, 2.24) is 24.4 Å². The molecule has 9 nitrogen and oxygen atoms in total. The smallest absolute Gasteiger partial charge is 0.193 e. The number of piperidine rings is 1. The first-order chi connectivity index (χ1) is 20.0. The van der Waals surface area contributed by atoms with Crippen LogP contribution >= 0.6 is 0 Å². The lowest BCUT2D eigenvalue weighted by molar-refractivity contribution is 0.157. The second-order valence-electron chi connectivity index (χ2n) is 11.0. The van der Waals surface area contributed by atoms with E-state index < -0.39 is 5.82 Å². The van der Waals surface area contributed by atoms with Crippen LogP contribution in [0, 0.1) is 12.7 Å². The number of hydrogen-bond donors (Lipinski definition) is 1. The number of benzene rings is 1. The topological polar surface area (TPSA) is 96.6 Å². The van der Waals surface area contributed by atoms with Crippen LogP contribution in [0.1, 0.15) is 48.5 Å². The molecule has 1 saturated heterocycles. The van der Waals surface area contributed by atoms with Crippen LogP contribution < -0.4 is 15.1 Å². The molecule has 1 aliphatic carbocycles. The molecule has 0 radical (unpaired) electrons. The van der Waals surface area contributed by atoms with Crippen LogP contribution in [-0.4, -0.2) is 61.9 Å². The Hall–Kier alpha value is -3.89. The van der Waals surface area contributed by atoms with Crippen molar-refractivity contribution in [3.63, 3.8) is 0 Å². The van der Waals surface area contributed by atoms with E-state index in [1.807, 2.05) is 25.4 Å². The van der Waals surface area contributed by atoms with Crippen LogP contribution in [0.5, 0.6) is 5.75 Å². The maximum atomic E-state index is 15.0. The van der Waals surface area contributed by atoms with Gasteiger partial charge in [-0.1, -0.05) is 0 Å². The SMILES string of the molecule is Cc1cc(CN(Cc2cn(C3CC3)c3cc(OCCO)c(F)cc3c2=O)C2CCCN(c3cnccn3)C2)ccn1. The highest BCUT2D eigenvalue weighted by Crippen LogP contribution is 2.38. The number of aliphatic hydroxyl groups is 1. The molecule has 1 aliphatic heterocycles. The van der Waals surface area contributed by atoms with Gasteiger partial charge in [-0.25, -0.2) is 9.37 Å². The van der Waals surface area contributed by atoms with Gasteiger partial charge < -0.3 is 19.3 Å². The number of aromatic nitrogens is 4. The zero-order valence-electron chi connectivity index (χ0n) is 23.2. The second-order valence-corrected chi connectivity index (χ2v) is 11.0. The number of nitrogens with zero attached hydrogens (tertiary/aromatic N) is 6. The molecule has 41 heavy (non-hydrogen) atoms. The molecule has 2 fully saturated rings. The Bertz CT molecular complexity index is 1580. The Labute approximate surface area is 238 Å². The predicted molar refractivity (Wildman–Crippen MR) is 155 cm³/mol. The van der Waals surface area contributed by atoms with Crippen molar-refractivity contribution >= 4 is 16.7 Å². The maximum Gasteiger partial charge on any atom is 0.193 e. The molecule has 6 rings (SSSR count). The number of ether oxygens (including phenoxy) is 1. The van der Waals surface area contributed by atoms with Gasteiger partial charge in [0.05, 0.1) is 18.3 Å².